The Bertz CT molecular complexity index is 766. The lowest BCUT2D eigenvalue weighted by molar-refractivity contribution is -0.143. The molecule has 0 heterocycles. The van der Waals surface area contributed by atoms with Crippen molar-refractivity contribution in [3.8, 4) is 0 Å². The van der Waals surface area contributed by atoms with Crippen molar-refractivity contribution in [1.29, 1.82) is 0 Å². The number of carbonyl (C=O) groups is 3. The maximum atomic E-state index is 12.7. The zero-order valence-electron chi connectivity index (χ0n) is 15.1. The molecular weight excluding hydrogens is 366 g/mol. The fourth-order valence-electron chi connectivity index (χ4n) is 2.04. The molecule has 0 bridgehead atoms. The highest BCUT2D eigenvalue weighted by Crippen LogP contribution is 2.19. The highest BCUT2D eigenvalue weighted by Gasteiger charge is 2.30. The van der Waals surface area contributed by atoms with Gasteiger partial charge in [0, 0.05) is 0 Å². The van der Waals surface area contributed by atoms with E-state index in [9.17, 15) is 22.8 Å². The van der Waals surface area contributed by atoms with Crippen molar-refractivity contribution in [1.82, 2.24) is 4.72 Å². The molecule has 26 heavy (non-hydrogen) atoms. The largest absolute Gasteiger partial charge is 0.468 e. The first-order valence-corrected chi connectivity index (χ1v) is 8.97. The zero-order chi connectivity index (χ0) is 20.1. The van der Waals surface area contributed by atoms with E-state index in [1.165, 1.54) is 0 Å². The Kier molecular flexibility index (Phi) is 7.28. The van der Waals surface area contributed by atoms with Gasteiger partial charge in [0.15, 0.2) is 0 Å². The van der Waals surface area contributed by atoms with E-state index in [2.05, 4.69) is 18.9 Å². The fourth-order valence-corrected chi connectivity index (χ4v) is 3.45. The highest BCUT2D eigenvalue weighted by molar-refractivity contribution is 7.89. The predicted octanol–water partition coefficient (Wildman–Crippen LogP) is 0.736. The maximum absolute atomic E-state index is 12.7. The first-order valence-electron chi connectivity index (χ1n) is 7.49. The summed E-state index contributed by atoms with van der Waals surface area (Å²) in [6, 6.07) is 2.08. The standard InChI is InChI=1S/C16H21NO8S/c1-9(2)13(16(20)25-5)17-26(21,22)12-7-10(14(18)23-3)6-11(8-12)15(19)24-4/h6-9,13,17H,1-5H3. The quantitative estimate of drug-likeness (QED) is 0.536. The van der Waals surface area contributed by atoms with Crippen LogP contribution in [0.4, 0.5) is 0 Å². The molecule has 0 fully saturated rings. The van der Waals surface area contributed by atoms with Gasteiger partial charge in [0.1, 0.15) is 6.04 Å². The molecule has 0 amide bonds. The number of esters is 3. The second-order valence-corrected chi connectivity index (χ2v) is 7.31. The van der Waals surface area contributed by atoms with Crippen LogP contribution in [0.1, 0.15) is 34.6 Å². The molecule has 0 aliphatic carbocycles. The van der Waals surface area contributed by atoms with Gasteiger partial charge in [-0.3, -0.25) is 4.79 Å². The third-order valence-corrected chi connectivity index (χ3v) is 4.88. The molecule has 144 valence electrons. The summed E-state index contributed by atoms with van der Waals surface area (Å²) in [6.45, 7) is 3.27. The Hall–Kier alpha value is -2.46. The van der Waals surface area contributed by atoms with Gasteiger partial charge in [0.25, 0.3) is 0 Å². The van der Waals surface area contributed by atoms with Crippen molar-refractivity contribution in [2.75, 3.05) is 21.3 Å². The molecule has 0 saturated heterocycles. The van der Waals surface area contributed by atoms with E-state index in [0.717, 1.165) is 39.5 Å². The molecule has 0 radical (unpaired) electrons. The molecule has 1 aromatic rings. The second kappa shape index (κ2) is 8.77. The Morgan fingerprint density at radius 2 is 1.35 bits per heavy atom. The number of sulfonamides is 1. The van der Waals surface area contributed by atoms with E-state index < -0.39 is 44.8 Å². The Labute approximate surface area is 151 Å². The van der Waals surface area contributed by atoms with Gasteiger partial charge >= 0.3 is 17.9 Å². The third-order valence-electron chi connectivity index (χ3n) is 3.46. The fraction of sp³-hybridized carbons (Fsp3) is 0.438. The number of rotatable bonds is 7. The summed E-state index contributed by atoms with van der Waals surface area (Å²) in [7, 11) is -0.883. The number of benzene rings is 1. The average Bonchev–Trinajstić information content (AvgIpc) is 2.63. The van der Waals surface area contributed by atoms with Crippen molar-refractivity contribution in [2.45, 2.75) is 24.8 Å². The van der Waals surface area contributed by atoms with Crippen LogP contribution in [-0.2, 0) is 29.0 Å². The summed E-state index contributed by atoms with van der Waals surface area (Å²) in [5.41, 5.74) is -0.315. The van der Waals surface area contributed by atoms with Gasteiger partial charge in [-0.1, -0.05) is 13.8 Å². The van der Waals surface area contributed by atoms with Gasteiger partial charge in [-0.2, -0.15) is 4.72 Å². The van der Waals surface area contributed by atoms with Gasteiger partial charge < -0.3 is 14.2 Å². The van der Waals surface area contributed by atoms with Crippen LogP contribution in [0.25, 0.3) is 0 Å². The third kappa shape index (κ3) is 5.02. The normalized spacial score (nSPS) is 12.4. The average molecular weight is 387 g/mol. The maximum Gasteiger partial charge on any atom is 0.337 e. The summed E-state index contributed by atoms with van der Waals surface area (Å²) in [5.74, 6) is -2.83. The van der Waals surface area contributed by atoms with Crippen LogP contribution in [0.3, 0.4) is 0 Å². The summed E-state index contributed by atoms with van der Waals surface area (Å²) in [5, 5.41) is 0. The van der Waals surface area contributed by atoms with Gasteiger partial charge in [-0.15, -0.1) is 0 Å². The van der Waals surface area contributed by atoms with E-state index in [1.807, 2.05) is 0 Å². The van der Waals surface area contributed by atoms with Crippen molar-refractivity contribution in [3.63, 3.8) is 0 Å². The SMILES string of the molecule is COC(=O)c1cc(C(=O)OC)cc(S(=O)(=O)NC(C(=O)OC)C(C)C)c1. The van der Waals surface area contributed by atoms with Gasteiger partial charge in [-0.05, 0) is 24.1 Å². The molecule has 0 aliphatic heterocycles. The minimum absolute atomic E-state index is 0.157. The minimum atomic E-state index is -4.25. The predicted molar refractivity (Wildman–Crippen MR) is 90.1 cm³/mol. The summed E-state index contributed by atoms with van der Waals surface area (Å²) in [4.78, 5) is 35.0. The molecule has 1 aromatic carbocycles. The van der Waals surface area contributed by atoms with Crippen molar-refractivity contribution < 1.29 is 37.0 Å². The van der Waals surface area contributed by atoms with E-state index in [-0.39, 0.29) is 11.1 Å². The van der Waals surface area contributed by atoms with Crippen molar-refractivity contribution in [3.05, 3.63) is 29.3 Å². The number of hydrogen-bond acceptors (Lipinski definition) is 8. The molecule has 0 aliphatic rings. The van der Waals surface area contributed by atoms with Crippen LogP contribution < -0.4 is 4.72 Å². The Morgan fingerprint density at radius 1 is 0.885 bits per heavy atom. The highest BCUT2D eigenvalue weighted by atomic mass is 32.2. The molecule has 1 unspecified atom stereocenters. The summed E-state index contributed by atoms with van der Waals surface area (Å²) in [6.07, 6.45) is 0. The topological polar surface area (TPSA) is 125 Å². The minimum Gasteiger partial charge on any atom is -0.468 e. The van der Waals surface area contributed by atoms with E-state index in [0.29, 0.717) is 0 Å². The Balaban J connectivity index is 3.44. The van der Waals surface area contributed by atoms with Gasteiger partial charge in [-0.25, -0.2) is 18.0 Å². The van der Waals surface area contributed by atoms with E-state index in [1.54, 1.807) is 13.8 Å². The summed E-state index contributed by atoms with van der Waals surface area (Å²) < 4.78 is 41.3. The van der Waals surface area contributed by atoms with Crippen LogP contribution in [0, 0.1) is 5.92 Å². The first kappa shape index (κ1) is 21.6. The zero-order valence-corrected chi connectivity index (χ0v) is 15.9. The molecule has 0 spiro atoms. The number of methoxy groups -OCH3 is 3. The number of ether oxygens (including phenoxy) is 3. The lowest BCUT2D eigenvalue weighted by Gasteiger charge is -2.20. The van der Waals surface area contributed by atoms with Crippen LogP contribution in [0.15, 0.2) is 23.1 Å². The molecule has 1 atom stereocenters. The number of carbonyl (C=O) groups excluding carboxylic acids is 3. The smallest absolute Gasteiger partial charge is 0.337 e. The van der Waals surface area contributed by atoms with E-state index in [4.69, 9.17) is 0 Å². The van der Waals surface area contributed by atoms with Crippen LogP contribution >= 0.6 is 0 Å². The van der Waals surface area contributed by atoms with Gasteiger partial charge in [0.05, 0.1) is 37.4 Å². The first-order chi connectivity index (χ1) is 12.1. The van der Waals surface area contributed by atoms with Crippen LogP contribution in [0.5, 0.6) is 0 Å². The molecule has 0 saturated carbocycles. The number of nitrogens with one attached hydrogen (secondary N) is 1. The molecular formula is C16H21NO8S. The lowest BCUT2D eigenvalue weighted by atomic mass is 10.1. The molecule has 1 N–H and O–H groups in total. The van der Waals surface area contributed by atoms with Crippen molar-refractivity contribution >= 4 is 27.9 Å². The summed E-state index contributed by atoms with van der Waals surface area (Å²) >= 11 is 0. The number of hydrogen-bond donors (Lipinski definition) is 1. The van der Waals surface area contributed by atoms with Crippen LogP contribution in [0.2, 0.25) is 0 Å². The lowest BCUT2D eigenvalue weighted by Crippen LogP contribution is -2.44. The van der Waals surface area contributed by atoms with E-state index >= 15 is 0 Å². The monoisotopic (exact) mass is 387 g/mol. The Morgan fingerprint density at radius 3 is 1.69 bits per heavy atom. The van der Waals surface area contributed by atoms with Crippen molar-refractivity contribution in [2.24, 2.45) is 5.92 Å². The van der Waals surface area contributed by atoms with Crippen LogP contribution in [-0.4, -0.2) is 53.7 Å². The molecule has 1 rings (SSSR count). The second-order valence-electron chi connectivity index (χ2n) is 5.60. The molecule has 10 heteroatoms. The molecule has 9 nitrogen and oxygen atoms in total. The van der Waals surface area contributed by atoms with Gasteiger partial charge in [0.2, 0.25) is 10.0 Å². The molecule has 0 aromatic heterocycles.